The van der Waals surface area contributed by atoms with Crippen LogP contribution < -0.4 is 0 Å². The Morgan fingerprint density at radius 2 is 2.29 bits per heavy atom. The fraction of sp³-hybridized carbons (Fsp3) is 0. The highest BCUT2D eigenvalue weighted by Gasteiger charge is 2.04. The zero-order valence-corrected chi connectivity index (χ0v) is 6.75. The molecule has 2 rings (SSSR count). The number of H-pyrrole nitrogens is 1. The van der Waals surface area contributed by atoms with Crippen LogP contribution in [-0.4, -0.2) is 31.1 Å². The van der Waals surface area contributed by atoms with E-state index in [9.17, 15) is 4.79 Å². The molecule has 0 aliphatic rings. The fourth-order valence-corrected chi connectivity index (χ4v) is 0.918. The number of rotatable bonds is 1. The molecule has 2 aromatic rings. The topological polar surface area (TPSA) is 116 Å². The van der Waals surface area contributed by atoms with Crippen molar-refractivity contribution in [3.8, 4) is 0 Å². The van der Waals surface area contributed by atoms with E-state index in [1.54, 1.807) is 0 Å². The third-order valence-electron chi connectivity index (χ3n) is 1.43. The number of imidazole rings is 1. The van der Waals surface area contributed by atoms with E-state index >= 15 is 0 Å². The van der Waals surface area contributed by atoms with Crippen molar-refractivity contribution in [3.05, 3.63) is 12.7 Å². The number of hydrogen-bond acceptors (Lipinski definition) is 5. The van der Waals surface area contributed by atoms with Gasteiger partial charge in [0.1, 0.15) is 11.8 Å². The van der Waals surface area contributed by atoms with Crippen LogP contribution in [0.3, 0.4) is 0 Å². The highest BCUT2D eigenvalue weighted by Crippen LogP contribution is 2.17. The first-order chi connectivity index (χ1) is 6.77. The van der Waals surface area contributed by atoms with E-state index < -0.39 is 6.09 Å². The van der Waals surface area contributed by atoms with Crippen molar-refractivity contribution in [1.82, 2.24) is 19.9 Å². The van der Waals surface area contributed by atoms with Crippen molar-refractivity contribution in [2.24, 2.45) is 10.2 Å². The summed E-state index contributed by atoms with van der Waals surface area (Å²) in [4.78, 5) is 24.3. The number of hydrogen-bond donors (Lipinski definition) is 2. The highest BCUT2D eigenvalue weighted by atomic mass is 16.4. The van der Waals surface area contributed by atoms with E-state index in [2.05, 4.69) is 30.2 Å². The van der Waals surface area contributed by atoms with E-state index in [0.717, 1.165) is 0 Å². The number of nitrogens with zero attached hydrogens (tertiary/aromatic N) is 5. The maximum absolute atomic E-state index is 10.1. The van der Waals surface area contributed by atoms with Gasteiger partial charge in [0.2, 0.25) is 5.82 Å². The second kappa shape index (κ2) is 3.17. The van der Waals surface area contributed by atoms with Crippen molar-refractivity contribution in [2.75, 3.05) is 0 Å². The summed E-state index contributed by atoms with van der Waals surface area (Å²) in [6.45, 7) is 0. The zero-order valence-electron chi connectivity index (χ0n) is 6.75. The van der Waals surface area contributed by atoms with E-state index in [0.29, 0.717) is 11.2 Å². The number of amides is 1. The van der Waals surface area contributed by atoms with Gasteiger partial charge in [-0.2, -0.15) is 0 Å². The monoisotopic (exact) mass is 192 g/mol. The van der Waals surface area contributed by atoms with Gasteiger partial charge >= 0.3 is 6.09 Å². The molecule has 0 saturated carbocycles. The van der Waals surface area contributed by atoms with Gasteiger partial charge in [-0.05, 0) is 0 Å². The third kappa shape index (κ3) is 1.40. The quantitative estimate of drug-likeness (QED) is 0.656. The Bertz CT molecular complexity index is 504. The normalized spacial score (nSPS) is 11.1. The number of aromatic amines is 1. The molecule has 0 spiro atoms. The van der Waals surface area contributed by atoms with Crippen LogP contribution in [0.1, 0.15) is 0 Å². The molecular formula is C6H4N6O2. The summed E-state index contributed by atoms with van der Waals surface area (Å²) in [5.41, 5.74) is 0.872. The molecule has 0 radical (unpaired) electrons. The molecular weight excluding hydrogens is 188 g/mol. The van der Waals surface area contributed by atoms with Crippen LogP contribution in [0, 0.1) is 0 Å². The molecule has 0 unspecified atom stereocenters. The first-order valence-corrected chi connectivity index (χ1v) is 3.56. The van der Waals surface area contributed by atoms with Crippen LogP contribution in [0.5, 0.6) is 0 Å². The van der Waals surface area contributed by atoms with Crippen molar-refractivity contribution < 1.29 is 9.90 Å². The van der Waals surface area contributed by atoms with Crippen molar-refractivity contribution >= 4 is 23.1 Å². The summed E-state index contributed by atoms with van der Waals surface area (Å²) in [5, 5.41) is 14.6. The molecule has 2 heterocycles. The molecule has 0 aliphatic heterocycles. The second-order valence-electron chi connectivity index (χ2n) is 2.28. The molecule has 70 valence electrons. The SMILES string of the molecule is O=C(O)N=Nc1ncnc2nc[nH]c12. The Kier molecular flexibility index (Phi) is 1.86. The molecule has 2 N–H and O–H groups in total. The maximum Gasteiger partial charge on any atom is 0.450 e. The van der Waals surface area contributed by atoms with Crippen LogP contribution in [0.4, 0.5) is 10.6 Å². The summed E-state index contributed by atoms with van der Waals surface area (Å²) in [5.74, 6) is 0.148. The Hall–Kier alpha value is -2.38. The molecule has 2 aromatic heterocycles. The lowest BCUT2D eigenvalue weighted by Gasteiger charge is -1.90. The standard InChI is InChI=1S/C6H4N6O2/c13-6(14)12-11-5-3-4(8-1-7-3)9-2-10-5/h1-2H,(H,13,14)(H,7,8,9,10). The van der Waals surface area contributed by atoms with Gasteiger partial charge in [-0.3, -0.25) is 0 Å². The van der Waals surface area contributed by atoms with Gasteiger partial charge in [0.15, 0.2) is 5.65 Å². The predicted molar refractivity (Wildman–Crippen MR) is 44.2 cm³/mol. The molecule has 0 saturated heterocycles. The molecule has 1 amide bonds. The van der Waals surface area contributed by atoms with Crippen LogP contribution in [-0.2, 0) is 0 Å². The molecule has 14 heavy (non-hydrogen) atoms. The lowest BCUT2D eigenvalue weighted by atomic mass is 10.5. The summed E-state index contributed by atoms with van der Waals surface area (Å²) < 4.78 is 0. The zero-order chi connectivity index (χ0) is 9.97. The Morgan fingerprint density at radius 1 is 1.43 bits per heavy atom. The number of fused-ring (bicyclic) bond motifs is 1. The Morgan fingerprint density at radius 3 is 3.07 bits per heavy atom. The van der Waals surface area contributed by atoms with Crippen molar-refractivity contribution in [2.45, 2.75) is 0 Å². The van der Waals surface area contributed by atoms with E-state index in [1.807, 2.05) is 0 Å². The minimum atomic E-state index is -1.38. The number of azo groups is 1. The van der Waals surface area contributed by atoms with E-state index in [-0.39, 0.29) is 5.82 Å². The summed E-state index contributed by atoms with van der Waals surface area (Å²) in [6.07, 6.45) is 1.27. The largest absolute Gasteiger partial charge is 0.462 e. The minimum Gasteiger partial charge on any atom is -0.462 e. The number of nitrogens with one attached hydrogen (secondary N) is 1. The lowest BCUT2D eigenvalue weighted by Crippen LogP contribution is -1.84. The maximum atomic E-state index is 10.1. The van der Waals surface area contributed by atoms with Crippen LogP contribution in [0.15, 0.2) is 22.9 Å². The first-order valence-electron chi connectivity index (χ1n) is 3.56. The molecule has 0 aliphatic carbocycles. The number of carbonyl (C=O) groups is 1. The van der Waals surface area contributed by atoms with Crippen LogP contribution >= 0.6 is 0 Å². The van der Waals surface area contributed by atoms with Crippen molar-refractivity contribution in [3.63, 3.8) is 0 Å². The van der Waals surface area contributed by atoms with Gasteiger partial charge in [0.25, 0.3) is 0 Å². The summed E-state index contributed by atoms with van der Waals surface area (Å²) in [7, 11) is 0. The smallest absolute Gasteiger partial charge is 0.450 e. The van der Waals surface area contributed by atoms with Gasteiger partial charge in [-0.25, -0.2) is 19.7 Å². The molecule has 0 atom stereocenters. The molecule has 0 aromatic carbocycles. The Labute approximate surface area is 76.7 Å². The van der Waals surface area contributed by atoms with E-state index in [1.165, 1.54) is 12.7 Å². The highest BCUT2D eigenvalue weighted by molar-refractivity contribution is 5.80. The first kappa shape index (κ1) is 8.23. The molecule has 8 nitrogen and oxygen atoms in total. The van der Waals surface area contributed by atoms with Gasteiger partial charge in [-0.1, -0.05) is 5.11 Å². The molecule has 0 bridgehead atoms. The molecule has 0 fully saturated rings. The molecule has 8 heteroatoms. The third-order valence-corrected chi connectivity index (χ3v) is 1.43. The van der Waals surface area contributed by atoms with Gasteiger partial charge in [0.05, 0.1) is 6.33 Å². The summed E-state index contributed by atoms with van der Waals surface area (Å²) in [6, 6.07) is 0. The average molecular weight is 192 g/mol. The summed E-state index contributed by atoms with van der Waals surface area (Å²) >= 11 is 0. The van der Waals surface area contributed by atoms with Gasteiger partial charge in [0, 0.05) is 0 Å². The van der Waals surface area contributed by atoms with Crippen LogP contribution in [0.25, 0.3) is 11.2 Å². The fourth-order valence-electron chi connectivity index (χ4n) is 0.918. The minimum absolute atomic E-state index is 0.148. The second-order valence-corrected chi connectivity index (χ2v) is 2.28. The predicted octanol–water partition coefficient (Wildman–Crippen LogP) is 1.11. The number of carboxylic acid groups (broad SMARTS) is 1. The van der Waals surface area contributed by atoms with Crippen LogP contribution in [0.2, 0.25) is 0 Å². The van der Waals surface area contributed by atoms with Gasteiger partial charge < -0.3 is 10.1 Å². The van der Waals surface area contributed by atoms with E-state index in [4.69, 9.17) is 5.11 Å². The average Bonchev–Trinajstić information content (AvgIpc) is 2.62. The Balaban J connectivity index is 2.51. The van der Waals surface area contributed by atoms with Crippen molar-refractivity contribution in [1.29, 1.82) is 0 Å². The lowest BCUT2D eigenvalue weighted by molar-refractivity contribution is 0.204. The van der Waals surface area contributed by atoms with Gasteiger partial charge in [-0.15, -0.1) is 5.11 Å². The number of aromatic nitrogens is 4.